The molecule has 8 N–H and O–H groups in total. The normalized spacial score (nSPS) is 39.7. The molecule has 6 heterocycles. The minimum absolute atomic E-state index is 0.0256. The first-order valence-electron chi connectivity index (χ1n) is 28.1. The Kier molecular flexibility index (Phi) is 14.6. The van der Waals surface area contributed by atoms with Gasteiger partial charge in [0.15, 0.2) is 37.6 Å². The van der Waals surface area contributed by atoms with E-state index in [1.165, 1.54) is 96.0 Å². The van der Waals surface area contributed by atoms with Crippen LogP contribution < -0.4 is 33.9 Å². The Morgan fingerprint density at radius 2 is 0.937 bits per heavy atom. The van der Waals surface area contributed by atoms with E-state index in [1.54, 1.807) is 12.3 Å². The molecule has 0 aromatic carbocycles. The number of aliphatic hydroxyl groups excluding tert-OH is 2. The minimum atomic E-state index is -0.724. The van der Waals surface area contributed by atoms with Crippen LogP contribution in [0.2, 0.25) is 0 Å². The van der Waals surface area contributed by atoms with E-state index in [4.69, 9.17) is 54.8 Å². The Morgan fingerprint density at radius 1 is 0.557 bits per heavy atom. The van der Waals surface area contributed by atoms with E-state index in [0.717, 1.165) is 50.4 Å². The monoisotopic (exact) mass is 1100 g/mol. The average molecular weight is 1100 g/mol. The summed E-state index contributed by atoms with van der Waals surface area (Å²) in [7, 11) is 0. The summed E-state index contributed by atoms with van der Waals surface area (Å²) in [4.78, 5) is 83.8. The third kappa shape index (κ3) is 10.2. The van der Waals surface area contributed by atoms with Crippen molar-refractivity contribution in [2.75, 3.05) is 56.4 Å². The molecular formula is C54H71N9O16. The van der Waals surface area contributed by atoms with Crippen LogP contribution in [-0.2, 0) is 47.5 Å². The zero-order valence-electron chi connectivity index (χ0n) is 44.0. The second-order valence-corrected chi connectivity index (χ2v) is 24.5. The molecule has 428 valence electrons. The molecule has 3 aromatic heterocycles. The standard InChI is InChI=1S/2C18H23N3O5.C10H14O2.C8H11N3O4/c22-8-15-25-9-14(26-15)21-2-1-13(20-17(21)24)19-16(23)18-6-10-3-11(7-18)5-12(18)4-10;19-13-1-2-21(17(23)20-13)14-8-24-15(26-14)9-25-16(22)18-6-10-3-11(7-18)5-12(18)4-10;11-9(12)10-4-6-1-7(5-10)3-8(10)2-6;9-5-1-2-11(8(13)10-5)6-4-14-7(3-12)15-6/h1-2,10-12,14-15,22H,3-9H2,(H,19,20,23,24);1-2,10-12,14-15H,3-9H2,(H2,19,20,23);6-8H,1-5H2,(H,11,12);1-2,6-7,12H,3-4H2,(H2,9,10,13)/t2*10-,11+,12?,14-,15-,18?;6-,7+,8?,10?;6-,7-/m00.0/s1. The fourth-order valence-electron chi connectivity index (χ4n) is 17.0. The van der Waals surface area contributed by atoms with Gasteiger partial charge in [0, 0.05) is 18.6 Å². The maximum absolute atomic E-state index is 13.0. The first-order valence-corrected chi connectivity index (χ1v) is 28.1. The molecule has 3 aliphatic heterocycles. The lowest BCUT2D eigenvalue weighted by Crippen LogP contribution is -2.38. The third-order valence-electron chi connectivity index (χ3n) is 19.8. The van der Waals surface area contributed by atoms with Gasteiger partial charge in [0.2, 0.25) is 5.91 Å². The summed E-state index contributed by atoms with van der Waals surface area (Å²) in [6.07, 6.45) is 17.6. The molecule has 12 aliphatic carbocycles. The summed E-state index contributed by atoms with van der Waals surface area (Å²) in [6.45, 7) is 0.121. The van der Waals surface area contributed by atoms with Crippen LogP contribution in [0.3, 0.4) is 0 Å². The number of aromatic nitrogens is 6. The summed E-state index contributed by atoms with van der Waals surface area (Å²) in [5.41, 5.74) is 8.57. The molecule has 3 saturated heterocycles. The number of carbonyl (C=O) groups is 3. The van der Waals surface area contributed by atoms with Gasteiger partial charge in [0.05, 0.1) is 49.3 Å². The van der Waals surface area contributed by atoms with Gasteiger partial charge in [-0.3, -0.25) is 28.1 Å². The van der Waals surface area contributed by atoms with E-state index in [-0.39, 0.29) is 85.2 Å². The highest BCUT2D eigenvalue weighted by Crippen LogP contribution is 2.67. The highest BCUT2D eigenvalue weighted by molar-refractivity contribution is 5.95. The number of anilines is 3. The number of nitrogen functional groups attached to an aromatic ring is 2. The molecule has 18 atom stereocenters. The fourth-order valence-corrected chi connectivity index (χ4v) is 17.0. The Hall–Kier alpha value is -5.67. The number of hydrogen-bond acceptors (Lipinski definition) is 20. The number of ether oxygens (including phenoxy) is 7. The van der Waals surface area contributed by atoms with Gasteiger partial charge in [-0.2, -0.15) is 15.0 Å². The molecule has 18 rings (SSSR count). The number of nitrogens with two attached hydrogens (primary N) is 2. The SMILES string of the molecule is Nc1ccn([C@@H]2CO[C@H](CO)O2)c(=O)n1.Nc1ccn([C@@H]2CO[C@H](COC(=O)C34C[C@@H]5CC3C[C@@H](C5)C4)O2)c(=O)n1.O=C(Nc1ccn([C@@H]2CO[C@H](CO)O2)c(=O)n1)C12C[C@@H]3CC1C[C@@H](C3)C2.O=C(O)C12C[C@@H]3CC1C[C@@H](C3)C2. The molecule has 6 unspecified atom stereocenters. The maximum atomic E-state index is 13.0. The predicted molar refractivity (Wildman–Crippen MR) is 273 cm³/mol. The number of carboxylic acid groups (broad SMARTS) is 1. The number of nitrogens with zero attached hydrogens (tertiary/aromatic N) is 6. The van der Waals surface area contributed by atoms with Crippen LogP contribution in [0.4, 0.5) is 17.5 Å². The largest absolute Gasteiger partial charge is 0.481 e. The number of aliphatic hydroxyl groups is 2. The summed E-state index contributed by atoms with van der Waals surface area (Å²) < 4.78 is 41.7. The van der Waals surface area contributed by atoms with Crippen LogP contribution in [0.1, 0.15) is 115 Å². The number of carboxylic acids is 1. The number of rotatable bonds is 11. The molecule has 15 aliphatic rings. The van der Waals surface area contributed by atoms with Crippen molar-refractivity contribution < 1.29 is 62.9 Å². The molecule has 1 amide bonds. The molecule has 79 heavy (non-hydrogen) atoms. The van der Waals surface area contributed by atoms with Crippen molar-refractivity contribution in [3.8, 4) is 0 Å². The smallest absolute Gasteiger partial charge is 0.351 e. The van der Waals surface area contributed by atoms with Crippen LogP contribution in [0.5, 0.6) is 0 Å². The van der Waals surface area contributed by atoms with E-state index in [9.17, 15) is 33.9 Å². The van der Waals surface area contributed by atoms with Crippen molar-refractivity contribution in [1.29, 1.82) is 0 Å². The van der Waals surface area contributed by atoms with Crippen LogP contribution >= 0.6 is 0 Å². The lowest BCUT2D eigenvalue weighted by molar-refractivity contribution is -0.172. The van der Waals surface area contributed by atoms with Crippen LogP contribution in [0.25, 0.3) is 0 Å². The number of esters is 1. The molecule has 15 fully saturated rings. The zero-order chi connectivity index (χ0) is 55.0. The van der Waals surface area contributed by atoms with Crippen LogP contribution in [-0.4, -0.2) is 120 Å². The van der Waals surface area contributed by atoms with Gasteiger partial charge >= 0.3 is 29.0 Å². The van der Waals surface area contributed by atoms with Crippen molar-refractivity contribution >= 4 is 35.3 Å². The highest BCUT2D eigenvalue weighted by Gasteiger charge is 2.64. The summed E-state index contributed by atoms with van der Waals surface area (Å²) in [5, 5.41) is 29.9. The molecule has 25 nitrogen and oxygen atoms in total. The Balaban J connectivity index is 0.000000110. The van der Waals surface area contributed by atoms with E-state index in [1.807, 2.05) is 0 Å². The van der Waals surface area contributed by atoms with Gasteiger partial charge < -0.3 is 65.3 Å². The highest BCUT2D eigenvalue weighted by atomic mass is 16.8. The average Bonchev–Trinajstić information content (AvgIpc) is 3.90. The predicted octanol–water partition coefficient (Wildman–Crippen LogP) is 2.53. The van der Waals surface area contributed by atoms with Gasteiger partial charge in [-0.25, -0.2) is 14.4 Å². The molecule has 0 radical (unpaired) electrons. The number of hydrogen-bond donors (Lipinski definition) is 6. The van der Waals surface area contributed by atoms with E-state index in [0.29, 0.717) is 41.4 Å². The van der Waals surface area contributed by atoms with Crippen molar-refractivity contribution in [1.82, 2.24) is 28.7 Å². The van der Waals surface area contributed by atoms with Gasteiger partial charge in [-0.05, 0) is 168 Å². The van der Waals surface area contributed by atoms with Gasteiger partial charge in [0.25, 0.3) is 0 Å². The van der Waals surface area contributed by atoms with Crippen molar-refractivity contribution in [3.63, 3.8) is 0 Å². The third-order valence-corrected chi connectivity index (χ3v) is 19.8. The van der Waals surface area contributed by atoms with E-state index >= 15 is 0 Å². The lowest BCUT2D eigenvalue weighted by Gasteiger charge is -2.31. The number of carbonyl (C=O) groups excluding carboxylic acids is 2. The molecule has 12 bridgehead atoms. The van der Waals surface area contributed by atoms with E-state index < -0.39 is 60.6 Å². The zero-order valence-corrected chi connectivity index (χ0v) is 44.0. The minimum Gasteiger partial charge on any atom is -0.481 e. The van der Waals surface area contributed by atoms with Crippen molar-refractivity contribution in [2.24, 2.45) is 69.5 Å². The Morgan fingerprint density at radius 3 is 1.34 bits per heavy atom. The van der Waals surface area contributed by atoms with Gasteiger partial charge in [-0.1, -0.05) is 0 Å². The molecule has 12 saturated carbocycles. The maximum Gasteiger partial charge on any atom is 0.351 e. The molecule has 3 aromatic rings. The second kappa shape index (κ2) is 21.3. The first kappa shape index (κ1) is 53.9. The Labute approximate surface area is 453 Å². The summed E-state index contributed by atoms with van der Waals surface area (Å²) >= 11 is 0. The van der Waals surface area contributed by atoms with Crippen LogP contribution in [0.15, 0.2) is 51.2 Å². The molecule has 25 heteroatoms. The molecular weight excluding hydrogens is 1030 g/mol. The van der Waals surface area contributed by atoms with Gasteiger partial charge in [0.1, 0.15) is 24.1 Å². The van der Waals surface area contributed by atoms with Crippen molar-refractivity contribution in [2.45, 2.75) is 134 Å². The summed E-state index contributed by atoms with van der Waals surface area (Å²) in [5.74, 6) is 5.89. The Bertz CT molecular complexity index is 2950. The number of amides is 1. The quantitative estimate of drug-likeness (QED) is 0.150. The summed E-state index contributed by atoms with van der Waals surface area (Å²) in [6, 6.07) is 4.64. The number of nitrogens with one attached hydrogen (secondary N) is 1. The van der Waals surface area contributed by atoms with Crippen molar-refractivity contribution in [3.05, 3.63) is 68.2 Å². The van der Waals surface area contributed by atoms with Gasteiger partial charge in [-0.15, -0.1) is 0 Å². The van der Waals surface area contributed by atoms with Crippen LogP contribution in [0, 0.1) is 69.5 Å². The van der Waals surface area contributed by atoms with E-state index in [2.05, 4.69) is 20.3 Å². The molecule has 0 spiro atoms. The lowest BCUT2D eigenvalue weighted by atomic mass is 9.75. The number of aliphatic carboxylic acids is 1. The topological polar surface area (TPSA) is 345 Å². The fraction of sp³-hybridized carbons (Fsp3) is 0.722. The first-order chi connectivity index (χ1) is 38.0. The second-order valence-electron chi connectivity index (χ2n) is 24.5.